The predicted molar refractivity (Wildman–Crippen MR) is 89.8 cm³/mol. The summed E-state index contributed by atoms with van der Waals surface area (Å²) in [5, 5.41) is 11.4. The van der Waals surface area contributed by atoms with Crippen LogP contribution >= 0.6 is 11.6 Å². The Hall–Kier alpha value is -3.07. The number of carbonyl (C=O) groups is 2. The Morgan fingerprint density at radius 3 is 2.50 bits per heavy atom. The highest BCUT2D eigenvalue weighted by Crippen LogP contribution is 2.36. The number of H-pyrrole nitrogens is 1. The predicted octanol–water partition coefficient (Wildman–Crippen LogP) is 3.81. The maximum absolute atomic E-state index is 13.0. The molecule has 2 amide bonds. The second kappa shape index (κ2) is 6.68. The lowest BCUT2D eigenvalue weighted by Gasteiger charge is -2.14. The largest absolute Gasteiger partial charge is 0.418 e. The normalized spacial score (nSPS) is 11.4. The molecule has 2 aromatic carbocycles. The van der Waals surface area contributed by atoms with Gasteiger partial charge in [0.15, 0.2) is 0 Å². The molecule has 26 heavy (non-hydrogen) atoms. The molecule has 3 N–H and O–H groups in total. The lowest BCUT2D eigenvalue weighted by Crippen LogP contribution is -2.30. The minimum atomic E-state index is -4.74. The number of nitrogens with one attached hydrogen (secondary N) is 3. The highest BCUT2D eigenvalue weighted by atomic mass is 35.5. The number of carbonyl (C=O) groups excluding carboxylic acids is 2. The molecule has 0 atom stereocenters. The van der Waals surface area contributed by atoms with Gasteiger partial charge in [-0.1, -0.05) is 11.6 Å². The van der Waals surface area contributed by atoms with E-state index < -0.39 is 29.2 Å². The van der Waals surface area contributed by atoms with Gasteiger partial charge in [0.25, 0.3) is 0 Å². The molecule has 1 heterocycles. The molecular formula is C16H10ClF3N4O2. The third kappa shape index (κ3) is 3.77. The minimum Gasteiger partial charge on any atom is -0.318 e. The van der Waals surface area contributed by atoms with Gasteiger partial charge in [0.05, 0.1) is 23.0 Å². The average Bonchev–Trinajstić information content (AvgIpc) is 3.03. The summed E-state index contributed by atoms with van der Waals surface area (Å²) in [6.45, 7) is 0. The van der Waals surface area contributed by atoms with Crippen molar-refractivity contribution in [3.05, 3.63) is 53.2 Å². The first-order valence-corrected chi connectivity index (χ1v) is 7.54. The van der Waals surface area contributed by atoms with E-state index in [0.29, 0.717) is 11.6 Å². The number of halogens is 4. The lowest BCUT2D eigenvalue weighted by molar-refractivity contribution is -0.137. The molecule has 0 aliphatic heterocycles. The Morgan fingerprint density at radius 2 is 1.77 bits per heavy atom. The van der Waals surface area contributed by atoms with Gasteiger partial charge < -0.3 is 10.6 Å². The summed E-state index contributed by atoms with van der Waals surface area (Å²) >= 11 is 5.57. The number of amides is 2. The van der Waals surface area contributed by atoms with Gasteiger partial charge in [-0.05, 0) is 36.4 Å². The van der Waals surface area contributed by atoms with Gasteiger partial charge in [-0.3, -0.25) is 14.7 Å². The minimum absolute atomic E-state index is 0.146. The van der Waals surface area contributed by atoms with E-state index in [-0.39, 0.29) is 10.7 Å². The van der Waals surface area contributed by atoms with Gasteiger partial charge >= 0.3 is 18.0 Å². The van der Waals surface area contributed by atoms with Crippen molar-refractivity contribution >= 4 is 45.7 Å². The van der Waals surface area contributed by atoms with Gasteiger partial charge in [0, 0.05) is 16.1 Å². The number of aromatic nitrogens is 2. The van der Waals surface area contributed by atoms with E-state index in [0.717, 1.165) is 11.5 Å². The van der Waals surface area contributed by atoms with E-state index in [4.69, 9.17) is 11.6 Å². The Kier molecular flexibility index (Phi) is 4.56. The van der Waals surface area contributed by atoms with E-state index in [2.05, 4.69) is 15.5 Å². The smallest absolute Gasteiger partial charge is 0.318 e. The summed E-state index contributed by atoms with van der Waals surface area (Å²) in [4.78, 5) is 23.9. The standard InChI is InChI=1S/C16H10ClF3N4O2/c17-9-2-4-12(11(5-9)16(18,19)20)23-15(26)14(25)22-10-3-1-8-7-21-24-13(8)6-10/h1-7H,(H,21,24)(H,22,25)(H,23,26). The zero-order valence-corrected chi connectivity index (χ0v) is 13.6. The van der Waals surface area contributed by atoms with Crippen LogP contribution in [0.2, 0.25) is 5.02 Å². The van der Waals surface area contributed by atoms with E-state index in [1.165, 1.54) is 18.2 Å². The van der Waals surface area contributed by atoms with Crippen molar-refractivity contribution < 1.29 is 22.8 Å². The molecule has 3 aromatic rings. The molecule has 6 nitrogen and oxygen atoms in total. The second-order valence-electron chi connectivity index (χ2n) is 5.27. The van der Waals surface area contributed by atoms with Crippen LogP contribution in [0.5, 0.6) is 0 Å². The van der Waals surface area contributed by atoms with Crippen molar-refractivity contribution in [1.82, 2.24) is 10.2 Å². The fourth-order valence-electron chi connectivity index (χ4n) is 2.24. The van der Waals surface area contributed by atoms with Crippen LogP contribution in [0.15, 0.2) is 42.6 Å². The van der Waals surface area contributed by atoms with Crippen molar-refractivity contribution in [3.8, 4) is 0 Å². The summed E-state index contributed by atoms with van der Waals surface area (Å²) in [7, 11) is 0. The van der Waals surface area contributed by atoms with Crippen LogP contribution in [0.25, 0.3) is 10.9 Å². The van der Waals surface area contributed by atoms with Crippen LogP contribution in [0.1, 0.15) is 5.56 Å². The maximum atomic E-state index is 13.0. The number of rotatable bonds is 2. The van der Waals surface area contributed by atoms with Gasteiger partial charge in [-0.25, -0.2) is 0 Å². The zero-order valence-electron chi connectivity index (χ0n) is 12.8. The lowest BCUT2D eigenvalue weighted by atomic mass is 10.1. The molecule has 0 radical (unpaired) electrons. The molecule has 0 aliphatic carbocycles. The molecule has 1 aromatic heterocycles. The SMILES string of the molecule is O=C(Nc1ccc2cn[nH]c2c1)C(=O)Nc1ccc(Cl)cc1C(F)(F)F. The molecule has 0 saturated heterocycles. The Balaban J connectivity index is 1.76. The van der Waals surface area contributed by atoms with Crippen molar-refractivity contribution in [2.75, 3.05) is 10.6 Å². The van der Waals surface area contributed by atoms with Crippen molar-refractivity contribution in [2.24, 2.45) is 0 Å². The van der Waals surface area contributed by atoms with Crippen LogP contribution in [-0.2, 0) is 15.8 Å². The third-order valence-electron chi connectivity index (χ3n) is 3.44. The Bertz CT molecular complexity index is 1000. The van der Waals surface area contributed by atoms with Gasteiger partial charge in [0.2, 0.25) is 0 Å². The number of alkyl halides is 3. The molecule has 0 fully saturated rings. The average molecular weight is 383 g/mol. The number of fused-ring (bicyclic) bond motifs is 1. The van der Waals surface area contributed by atoms with Crippen molar-refractivity contribution in [2.45, 2.75) is 6.18 Å². The van der Waals surface area contributed by atoms with Gasteiger partial charge in [-0.15, -0.1) is 0 Å². The number of benzene rings is 2. The monoisotopic (exact) mass is 382 g/mol. The quantitative estimate of drug-likeness (QED) is 0.589. The van der Waals surface area contributed by atoms with Crippen LogP contribution in [0.4, 0.5) is 24.5 Å². The molecule has 134 valence electrons. The van der Waals surface area contributed by atoms with Gasteiger partial charge in [-0.2, -0.15) is 18.3 Å². The summed E-state index contributed by atoms with van der Waals surface area (Å²) in [5.74, 6) is -2.37. The molecule has 0 aliphatic rings. The summed E-state index contributed by atoms with van der Waals surface area (Å²) < 4.78 is 39.1. The molecule has 0 bridgehead atoms. The Labute approximate surface area is 149 Å². The van der Waals surface area contributed by atoms with Crippen LogP contribution in [0.3, 0.4) is 0 Å². The maximum Gasteiger partial charge on any atom is 0.418 e. The third-order valence-corrected chi connectivity index (χ3v) is 3.68. The van der Waals surface area contributed by atoms with E-state index >= 15 is 0 Å². The summed E-state index contributed by atoms with van der Waals surface area (Å²) in [6, 6.07) is 7.56. The van der Waals surface area contributed by atoms with E-state index in [1.54, 1.807) is 12.3 Å². The Morgan fingerprint density at radius 1 is 1.04 bits per heavy atom. The highest BCUT2D eigenvalue weighted by molar-refractivity contribution is 6.43. The molecule has 0 unspecified atom stereocenters. The second-order valence-corrected chi connectivity index (χ2v) is 5.70. The summed E-state index contributed by atoms with van der Waals surface area (Å²) in [5.41, 5.74) is -0.801. The highest BCUT2D eigenvalue weighted by Gasteiger charge is 2.34. The number of aromatic amines is 1. The van der Waals surface area contributed by atoms with Gasteiger partial charge in [0.1, 0.15) is 0 Å². The van der Waals surface area contributed by atoms with Crippen LogP contribution in [-0.4, -0.2) is 22.0 Å². The molecule has 0 spiro atoms. The fourth-order valence-corrected chi connectivity index (χ4v) is 2.41. The van der Waals surface area contributed by atoms with Crippen molar-refractivity contribution in [3.63, 3.8) is 0 Å². The van der Waals surface area contributed by atoms with E-state index in [1.807, 2.05) is 5.32 Å². The number of nitrogens with zero attached hydrogens (tertiary/aromatic N) is 1. The first-order valence-electron chi connectivity index (χ1n) is 7.16. The zero-order chi connectivity index (χ0) is 18.9. The fraction of sp³-hybridized carbons (Fsp3) is 0.0625. The van der Waals surface area contributed by atoms with Crippen LogP contribution in [0, 0.1) is 0 Å². The molecule has 0 saturated carbocycles. The molecular weight excluding hydrogens is 373 g/mol. The first kappa shape index (κ1) is 17.7. The summed E-state index contributed by atoms with van der Waals surface area (Å²) in [6.07, 6.45) is -3.16. The van der Waals surface area contributed by atoms with Crippen molar-refractivity contribution in [1.29, 1.82) is 0 Å². The van der Waals surface area contributed by atoms with E-state index in [9.17, 15) is 22.8 Å². The number of hydrogen-bond donors (Lipinski definition) is 3. The number of anilines is 2. The molecule has 3 rings (SSSR count). The molecule has 10 heteroatoms. The number of hydrogen-bond acceptors (Lipinski definition) is 3. The van der Waals surface area contributed by atoms with Crippen LogP contribution < -0.4 is 10.6 Å². The topological polar surface area (TPSA) is 86.9 Å². The first-order chi connectivity index (χ1) is 12.2.